The van der Waals surface area contributed by atoms with Gasteiger partial charge in [0.25, 0.3) is 0 Å². The number of benzene rings is 1. The molecule has 0 spiro atoms. The van der Waals surface area contributed by atoms with Gasteiger partial charge in [0.15, 0.2) is 22.5 Å². The fourth-order valence-electron chi connectivity index (χ4n) is 1.16. The zero-order valence-corrected chi connectivity index (χ0v) is 9.25. The lowest BCUT2D eigenvalue weighted by Crippen LogP contribution is -2.04. The fraction of sp³-hybridized carbons (Fsp3) is 0.200. The van der Waals surface area contributed by atoms with Crippen molar-refractivity contribution in [1.82, 2.24) is 0 Å². The quantitative estimate of drug-likeness (QED) is 0.648. The van der Waals surface area contributed by atoms with E-state index in [9.17, 15) is 4.79 Å². The summed E-state index contributed by atoms with van der Waals surface area (Å²) in [6, 6.07) is 5.22. The molecule has 6 heteroatoms. The summed E-state index contributed by atoms with van der Waals surface area (Å²) in [4.78, 5) is 10.8. The second kappa shape index (κ2) is 4.40. The minimum Gasteiger partial charge on any atom is -0.454 e. The predicted octanol–water partition coefficient (Wildman–Crippen LogP) is 1.97. The third-order valence-corrected chi connectivity index (χ3v) is 2.30. The van der Waals surface area contributed by atoms with Crippen molar-refractivity contribution in [3.05, 3.63) is 18.2 Å². The van der Waals surface area contributed by atoms with E-state index in [1.54, 1.807) is 18.2 Å². The summed E-state index contributed by atoms with van der Waals surface area (Å²) in [5, 5.41) is 3.61. The molecular weight excluding hydrogens is 232 g/mol. The first-order valence-electron chi connectivity index (χ1n) is 4.56. The first-order valence-corrected chi connectivity index (χ1v) is 4.94. The Morgan fingerprint density at radius 1 is 1.44 bits per heavy atom. The Balaban J connectivity index is 2.11. The average molecular weight is 241 g/mol. The molecule has 0 aromatic heterocycles. The van der Waals surface area contributed by atoms with Gasteiger partial charge in [-0.1, -0.05) is 11.6 Å². The lowest BCUT2D eigenvalue weighted by Gasteiger charge is -2.01. The van der Waals surface area contributed by atoms with E-state index in [1.807, 2.05) is 0 Å². The number of ether oxygens (including phenoxy) is 2. The van der Waals surface area contributed by atoms with E-state index in [-0.39, 0.29) is 17.7 Å². The van der Waals surface area contributed by atoms with Crippen LogP contribution in [0, 0.1) is 0 Å². The number of carbonyl (C=O) groups excluding carboxylic acids is 1. The minimum atomic E-state index is -0.296. The Morgan fingerprint density at radius 3 is 2.94 bits per heavy atom. The van der Waals surface area contributed by atoms with Crippen LogP contribution >= 0.6 is 11.6 Å². The number of hydrogen-bond donors (Lipinski definition) is 1. The molecule has 1 aromatic carbocycles. The highest BCUT2D eigenvalue weighted by Crippen LogP contribution is 2.34. The highest BCUT2D eigenvalue weighted by molar-refractivity contribution is 6.82. The van der Waals surface area contributed by atoms with Gasteiger partial charge in [0, 0.05) is 13.0 Å². The molecule has 0 saturated carbocycles. The topological polar surface area (TPSA) is 59.9 Å². The number of anilines is 1. The standard InChI is InChI=1S/C10H9ClN2O3/c1-6(14)10(11)13-12-7-2-3-8-9(4-7)16-5-15-8/h2-4,12H,5H2,1H3/b13-10-. The molecule has 0 radical (unpaired) electrons. The van der Waals surface area contributed by atoms with Crippen LogP contribution in [-0.4, -0.2) is 17.7 Å². The number of nitrogens with zero attached hydrogens (tertiary/aromatic N) is 1. The van der Waals surface area contributed by atoms with E-state index in [2.05, 4.69) is 10.5 Å². The molecule has 1 aliphatic rings. The third-order valence-electron chi connectivity index (χ3n) is 1.95. The summed E-state index contributed by atoms with van der Waals surface area (Å²) in [5.74, 6) is 1.03. The summed E-state index contributed by atoms with van der Waals surface area (Å²) >= 11 is 5.56. The number of nitrogens with one attached hydrogen (secondary N) is 1. The molecule has 0 saturated heterocycles. The summed E-state index contributed by atoms with van der Waals surface area (Å²) in [6.07, 6.45) is 0. The Labute approximate surface area is 97.0 Å². The van der Waals surface area contributed by atoms with Gasteiger partial charge in [0.2, 0.25) is 6.79 Å². The van der Waals surface area contributed by atoms with Crippen LogP contribution in [0.4, 0.5) is 5.69 Å². The smallest absolute Gasteiger partial charge is 0.231 e. The van der Waals surface area contributed by atoms with E-state index in [0.29, 0.717) is 17.2 Å². The maximum Gasteiger partial charge on any atom is 0.231 e. The summed E-state index contributed by atoms with van der Waals surface area (Å²) in [5.41, 5.74) is 3.33. The number of hydrogen-bond acceptors (Lipinski definition) is 5. The van der Waals surface area contributed by atoms with E-state index in [1.165, 1.54) is 6.92 Å². The Morgan fingerprint density at radius 2 is 2.19 bits per heavy atom. The van der Waals surface area contributed by atoms with Gasteiger partial charge in [-0.3, -0.25) is 10.2 Å². The SMILES string of the molecule is CC(=O)/C(Cl)=N/Nc1ccc2c(c1)OCO2. The average Bonchev–Trinajstić information content (AvgIpc) is 2.72. The van der Waals surface area contributed by atoms with Gasteiger partial charge in [0.1, 0.15) is 0 Å². The molecule has 1 heterocycles. The highest BCUT2D eigenvalue weighted by Gasteiger charge is 2.12. The van der Waals surface area contributed by atoms with Gasteiger partial charge < -0.3 is 9.47 Å². The van der Waals surface area contributed by atoms with Crippen LogP contribution < -0.4 is 14.9 Å². The van der Waals surface area contributed by atoms with Gasteiger partial charge in [-0.15, -0.1) is 0 Å². The van der Waals surface area contributed by atoms with Crippen LogP contribution in [0.3, 0.4) is 0 Å². The summed E-state index contributed by atoms with van der Waals surface area (Å²) < 4.78 is 10.3. The first-order chi connectivity index (χ1) is 7.66. The number of rotatable bonds is 3. The fourth-order valence-corrected chi connectivity index (χ4v) is 1.20. The van der Waals surface area contributed by atoms with Crippen molar-refractivity contribution in [1.29, 1.82) is 0 Å². The Kier molecular flexibility index (Phi) is 2.96. The number of hydrazone groups is 1. The van der Waals surface area contributed by atoms with Gasteiger partial charge in [-0.05, 0) is 12.1 Å². The van der Waals surface area contributed by atoms with Crippen LogP contribution in [0.25, 0.3) is 0 Å². The molecular formula is C10H9ClN2O3. The van der Waals surface area contributed by atoms with Crippen LogP contribution in [0.1, 0.15) is 6.92 Å². The third kappa shape index (κ3) is 2.25. The zero-order chi connectivity index (χ0) is 11.5. The van der Waals surface area contributed by atoms with Crippen molar-refractivity contribution in [2.75, 3.05) is 12.2 Å². The number of ketones is 1. The lowest BCUT2D eigenvalue weighted by molar-refractivity contribution is -0.110. The first kappa shape index (κ1) is 10.8. The van der Waals surface area contributed by atoms with E-state index in [0.717, 1.165) is 0 Å². The van der Waals surface area contributed by atoms with E-state index in [4.69, 9.17) is 21.1 Å². The molecule has 2 rings (SSSR count). The second-order valence-electron chi connectivity index (χ2n) is 3.14. The number of carbonyl (C=O) groups is 1. The zero-order valence-electron chi connectivity index (χ0n) is 8.49. The second-order valence-corrected chi connectivity index (χ2v) is 3.50. The van der Waals surface area contributed by atoms with Crippen LogP contribution in [0.5, 0.6) is 11.5 Å². The van der Waals surface area contributed by atoms with E-state index >= 15 is 0 Å². The monoisotopic (exact) mass is 240 g/mol. The maximum atomic E-state index is 10.8. The van der Waals surface area contributed by atoms with Crippen molar-refractivity contribution in [3.8, 4) is 11.5 Å². The molecule has 0 bridgehead atoms. The largest absolute Gasteiger partial charge is 0.454 e. The molecule has 0 amide bonds. The van der Waals surface area contributed by atoms with Crippen molar-refractivity contribution in [2.45, 2.75) is 6.92 Å². The molecule has 5 nitrogen and oxygen atoms in total. The minimum absolute atomic E-state index is 0.0994. The summed E-state index contributed by atoms with van der Waals surface area (Å²) in [7, 11) is 0. The van der Waals surface area contributed by atoms with Crippen molar-refractivity contribution in [2.24, 2.45) is 5.10 Å². The maximum absolute atomic E-state index is 10.8. The van der Waals surface area contributed by atoms with Gasteiger partial charge >= 0.3 is 0 Å². The van der Waals surface area contributed by atoms with Crippen LogP contribution in [0.15, 0.2) is 23.3 Å². The Bertz CT molecular complexity index is 459. The lowest BCUT2D eigenvalue weighted by atomic mass is 10.3. The van der Waals surface area contributed by atoms with Crippen molar-refractivity contribution >= 4 is 28.2 Å². The number of fused-ring (bicyclic) bond motifs is 1. The van der Waals surface area contributed by atoms with Crippen molar-refractivity contribution in [3.63, 3.8) is 0 Å². The Hall–Kier alpha value is -1.75. The van der Waals surface area contributed by atoms with Gasteiger partial charge in [0.05, 0.1) is 5.69 Å². The normalized spacial score (nSPS) is 13.8. The van der Waals surface area contributed by atoms with E-state index < -0.39 is 0 Å². The molecule has 0 atom stereocenters. The highest BCUT2D eigenvalue weighted by atomic mass is 35.5. The number of Topliss-reactive ketones (excluding diaryl/α,β-unsaturated/α-hetero) is 1. The van der Waals surface area contributed by atoms with Crippen molar-refractivity contribution < 1.29 is 14.3 Å². The summed E-state index contributed by atoms with van der Waals surface area (Å²) in [6.45, 7) is 1.56. The van der Waals surface area contributed by atoms with Gasteiger partial charge in [-0.25, -0.2) is 0 Å². The molecule has 1 N–H and O–H groups in total. The molecule has 1 aliphatic heterocycles. The molecule has 0 unspecified atom stereocenters. The number of halogens is 1. The predicted molar refractivity (Wildman–Crippen MR) is 60.2 cm³/mol. The molecule has 0 aliphatic carbocycles. The molecule has 84 valence electrons. The van der Waals surface area contributed by atoms with Crippen LogP contribution in [0.2, 0.25) is 0 Å². The molecule has 1 aromatic rings. The molecule has 16 heavy (non-hydrogen) atoms. The molecule has 0 fully saturated rings. The van der Waals surface area contributed by atoms with Crippen LogP contribution in [-0.2, 0) is 4.79 Å². The van der Waals surface area contributed by atoms with Gasteiger partial charge in [-0.2, -0.15) is 5.10 Å².